The normalized spacial score (nSPS) is 15.1. The molecule has 1 fully saturated rings. The fourth-order valence-corrected chi connectivity index (χ4v) is 3.03. The Labute approximate surface area is 160 Å². The highest BCUT2D eigenvalue weighted by Crippen LogP contribution is 2.15. The molecule has 0 atom stereocenters. The van der Waals surface area contributed by atoms with Gasteiger partial charge in [0.15, 0.2) is 0 Å². The standard InChI is InChI=1S/C19H28ClN3O3/c20-16-6-4-15(5-7-16)19(25)22-11-1-3-18(24)23-12-8-17(9-13-23)26-14-2-10-21/h4-7,17H,1-3,8-14,21H2,(H,22,25). The molecule has 144 valence electrons. The molecule has 0 saturated carbocycles. The van der Waals surface area contributed by atoms with Gasteiger partial charge in [-0.05, 0) is 56.5 Å². The van der Waals surface area contributed by atoms with Gasteiger partial charge in [0.1, 0.15) is 0 Å². The summed E-state index contributed by atoms with van der Waals surface area (Å²) in [5.74, 6) is -0.00397. The summed E-state index contributed by atoms with van der Waals surface area (Å²) in [4.78, 5) is 26.1. The van der Waals surface area contributed by atoms with Crippen LogP contribution in [-0.2, 0) is 9.53 Å². The van der Waals surface area contributed by atoms with E-state index in [9.17, 15) is 9.59 Å². The lowest BCUT2D eigenvalue weighted by atomic mass is 10.1. The molecule has 26 heavy (non-hydrogen) atoms. The predicted octanol–water partition coefficient (Wildman–Crippen LogP) is 2.21. The molecule has 0 aromatic heterocycles. The summed E-state index contributed by atoms with van der Waals surface area (Å²) in [6, 6.07) is 6.73. The number of carbonyl (C=O) groups is 2. The molecule has 6 nitrogen and oxygen atoms in total. The van der Waals surface area contributed by atoms with Crippen molar-refractivity contribution in [3.63, 3.8) is 0 Å². The number of carbonyl (C=O) groups excluding carboxylic acids is 2. The number of nitrogens with one attached hydrogen (secondary N) is 1. The molecule has 1 aromatic carbocycles. The first-order chi connectivity index (χ1) is 12.6. The lowest BCUT2D eigenvalue weighted by Gasteiger charge is -2.32. The summed E-state index contributed by atoms with van der Waals surface area (Å²) in [6.07, 6.45) is 3.95. The number of halogens is 1. The van der Waals surface area contributed by atoms with Crippen LogP contribution in [0.25, 0.3) is 0 Å². The molecule has 3 N–H and O–H groups in total. The lowest BCUT2D eigenvalue weighted by Crippen LogP contribution is -2.41. The van der Waals surface area contributed by atoms with Crippen molar-refractivity contribution in [3.8, 4) is 0 Å². The predicted molar refractivity (Wildman–Crippen MR) is 102 cm³/mol. The summed E-state index contributed by atoms with van der Waals surface area (Å²) < 4.78 is 5.75. The maximum atomic E-state index is 12.3. The van der Waals surface area contributed by atoms with Crippen LogP contribution < -0.4 is 11.1 Å². The van der Waals surface area contributed by atoms with E-state index in [1.807, 2.05) is 4.90 Å². The van der Waals surface area contributed by atoms with Crippen LogP contribution in [0.4, 0.5) is 0 Å². The van der Waals surface area contributed by atoms with E-state index in [4.69, 9.17) is 22.1 Å². The zero-order valence-electron chi connectivity index (χ0n) is 15.1. The van der Waals surface area contributed by atoms with Crippen molar-refractivity contribution >= 4 is 23.4 Å². The number of hydrogen-bond donors (Lipinski definition) is 2. The van der Waals surface area contributed by atoms with Crippen LogP contribution in [0.5, 0.6) is 0 Å². The van der Waals surface area contributed by atoms with Gasteiger partial charge in [-0.25, -0.2) is 0 Å². The Balaban J connectivity index is 1.59. The summed E-state index contributed by atoms with van der Waals surface area (Å²) in [5.41, 5.74) is 6.02. The number of amides is 2. The number of hydrogen-bond acceptors (Lipinski definition) is 4. The third-order valence-corrected chi connectivity index (χ3v) is 4.71. The Morgan fingerprint density at radius 1 is 1.19 bits per heavy atom. The second-order valence-corrected chi connectivity index (χ2v) is 6.90. The monoisotopic (exact) mass is 381 g/mol. The smallest absolute Gasteiger partial charge is 0.251 e. The van der Waals surface area contributed by atoms with Crippen molar-refractivity contribution < 1.29 is 14.3 Å². The fourth-order valence-electron chi connectivity index (χ4n) is 2.91. The van der Waals surface area contributed by atoms with Crippen LogP contribution in [0.15, 0.2) is 24.3 Å². The number of likely N-dealkylation sites (tertiary alicyclic amines) is 1. The highest BCUT2D eigenvalue weighted by atomic mass is 35.5. The Bertz CT molecular complexity index is 572. The van der Waals surface area contributed by atoms with Gasteiger partial charge < -0.3 is 20.7 Å². The minimum atomic E-state index is -0.149. The Morgan fingerprint density at radius 2 is 1.88 bits per heavy atom. The molecule has 7 heteroatoms. The Kier molecular flexibility index (Phi) is 8.88. The summed E-state index contributed by atoms with van der Waals surface area (Å²) >= 11 is 5.81. The second-order valence-electron chi connectivity index (χ2n) is 6.46. The van der Waals surface area contributed by atoms with Gasteiger partial charge >= 0.3 is 0 Å². The molecule has 0 unspecified atom stereocenters. The van der Waals surface area contributed by atoms with Crippen molar-refractivity contribution in [2.75, 3.05) is 32.8 Å². The van der Waals surface area contributed by atoms with Gasteiger partial charge in [-0.3, -0.25) is 9.59 Å². The second kappa shape index (κ2) is 11.2. The van der Waals surface area contributed by atoms with Gasteiger partial charge in [0.25, 0.3) is 5.91 Å². The van der Waals surface area contributed by atoms with E-state index in [1.54, 1.807) is 24.3 Å². The first-order valence-corrected chi connectivity index (χ1v) is 9.61. The minimum Gasteiger partial charge on any atom is -0.378 e. The Morgan fingerprint density at radius 3 is 2.54 bits per heavy atom. The van der Waals surface area contributed by atoms with Crippen LogP contribution in [0.3, 0.4) is 0 Å². The quantitative estimate of drug-likeness (QED) is 0.642. The summed E-state index contributed by atoms with van der Waals surface area (Å²) in [7, 11) is 0. The fraction of sp³-hybridized carbons (Fsp3) is 0.579. The van der Waals surface area contributed by atoms with Crippen molar-refractivity contribution in [1.29, 1.82) is 0 Å². The summed E-state index contributed by atoms with van der Waals surface area (Å²) in [5, 5.41) is 3.43. The van der Waals surface area contributed by atoms with Crippen LogP contribution in [0.1, 0.15) is 42.5 Å². The molecule has 1 aliphatic heterocycles. The molecule has 0 aliphatic carbocycles. The minimum absolute atomic E-state index is 0.145. The molecule has 0 spiro atoms. The van der Waals surface area contributed by atoms with Crippen molar-refractivity contribution in [3.05, 3.63) is 34.9 Å². The Hall–Kier alpha value is -1.63. The first-order valence-electron chi connectivity index (χ1n) is 9.23. The first kappa shape index (κ1) is 20.7. The highest BCUT2D eigenvalue weighted by Gasteiger charge is 2.22. The number of nitrogens with two attached hydrogens (primary N) is 1. The van der Waals surface area contributed by atoms with Crippen LogP contribution in [0, 0.1) is 0 Å². The van der Waals surface area contributed by atoms with Crippen LogP contribution in [-0.4, -0.2) is 55.6 Å². The van der Waals surface area contributed by atoms with E-state index in [-0.39, 0.29) is 17.9 Å². The van der Waals surface area contributed by atoms with E-state index in [1.165, 1.54) is 0 Å². The van der Waals surface area contributed by atoms with Gasteiger partial charge in [0.2, 0.25) is 5.91 Å². The molecule has 2 rings (SSSR count). The van der Waals surface area contributed by atoms with Gasteiger partial charge in [0.05, 0.1) is 6.10 Å². The van der Waals surface area contributed by atoms with Gasteiger partial charge in [-0.15, -0.1) is 0 Å². The maximum Gasteiger partial charge on any atom is 0.251 e. The maximum absolute atomic E-state index is 12.3. The molecule has 1 aliphatic rings. The van der Waals surface area contributed by atoms with E-state index in [0.29, 0.717) is 43.1 Å². The molecular formula is C19H28ClN3O3. The van der Waals surface area contributed by atoms with Crippen molar-refractivity contribution in [1.82, 2.24) is 10.2 Å². The van der Waals surface area contributed by atoms with E-state index in [0.717, 1.165) is 32.4 Å². The topological polar surface area (TPSA) is 84.7 Å². The van der Waals surface area contributed by atoms with Gasteiger partial charge in [-0.2, -0.15) is 0 Å². The van der Waals surface area contributed by atoms with Crippen molar-refractivity contribution in [2.24, 2.45) is 5.73 Å². The third kappa shape index (κ3) is 6.94. The SMILES string of the molecule is NCCCOC1CCN(C(=O)CCCNC(=O)c2ccc(Cl)cc2)CC1. The third-order valence-electron chi connectivity index (χ3n) is 4.46. The van der Waals surface area contributed by atoms with Crippen LogP contribution >= 0.6 is 11.6 Å². The summed E-state index contributed by atoms with van der Waals surface area (Å²) in [6.45, 7) is 3.30. The molecule has 2 amide bonds. The molecule has 0 bridgehead atoms. The van der Waals surface area contributed by atoms with E-state index < -0.39 is 0 Å². The molecule has 0 radical (unpaired) electrons. The van der Waals surface area contributed by atoms with E-state index >= 15 is 0 Å². The van der Waals surface area contributed by atoms with Gasteiger partial charge in [-0.1, -0.05) is 11.6 Å². The van der Waals surface area contributed by atoms with E-state index in [2.05, 4.69) is 5.32 Å². The molecule has 1 heterocycles. The lowest BCUT2D eigenvalue weighted by molar-refractivity contribution is -0.133. The van der Waals surface area contributed by atoms with Crippen molar-refractivity contribution in [2.45, 2.75) is 38.2 Å². The molecule has 1 saturated heterocycles. The number of nitrogens with zero attached hydrogens (tertiary/aromatic N) is 1. The number of benzene rings is 1. The molecular weight excluding hydrogens is 354 g/mol. The largest absolute Gasteiger partial charge is 0.378 e. The average Bonchev–Trinajstić information content (AvgIpc) is 2.66. The molecule has 1 aromatic rings. The highest BCUT2D eigenvalue weighted by molar-refractivity contribution is 6.30. The zero-order chi connectivity index (χ0) is 18.8. The zero-order valence-corrected chi connectivity index (χ0v) is 15.8. The number of rotatable bonds is 9. The van der Waals surface area contributed by atoms with Crippen LogP contribution in [0.2, 0.25) is 5.02 Å². The number of ether oxygens (including phenoxy) is 1. The average molecular weight is 382 g/mol. The van der Waals surface area contributed by atoms with Gasteiger partial charge in [0, 0.05) is 43.2 Å². The number of piperidine rings is 1.